The molecule has 2 aromatic rings. The lowest BCUT2D eigenvalue weighted by Gasteiger charge is -2.24. The number of benzene rings is 1. The van der Waals surface area contributed by atoms with E-state index in [0.717, 1.165) is 11.1 Å². The zero-order valence-electron chi connectivity index (χ0n) is 12.2. The van der Waals surface area contributed by atoms with Gasteiger partial charge < -0.3 is 9.64 Å². The molecule has 0 saturated carbocycles. The van der Waals surface area contributed by atoms with Crippen molar-refractivity contribution in [1.29, 1.82) is 0 Å². The summed E-state index contributed by atoms with van der Waals surface area (Å²) in [4.78, 5) is 30.1. The summed E-state index contributed by atoms with van der Waals surface area (Å²) in [6, 6.07) is 10.9. The van der Waals surface area contributed by atoms with E-state index in [9.17, 15) is 9.59 Å². The zero-order valence-corrected chi connectivity index (χ0v) is 12.2. The minimum Gasteiger partial charge on any atom is -0.469 e. The Morgan fingerprint density at radius 3 is 2.68 bits per heavy atom. The van der Waals surface area contributed by atoms with E-state index in [1.54, 1.807) is 23.4 Å². The molecule has 2 heterocycles. The van der Waals surface area contributed by atoms with E-state index in [4.69, 9.17) is 4.74 Å². The maximum atomic E-state index is 12.6. The van der Waals surface area contributed by atoms with Crippen LogP contribution in [0.1, 0.15) is 33.9 Å². The van der Waals surface area contributed by atoms with Crippen molar-refractivity contribution in [1.82, 2.24) is 9.88 Å². The van der Waals surface area contributed by atoms with Gasteiger partial charge in [0.15, 0.2) is 0 Å². The second kappa shape index (κ2) is 5.97. The number of amides is 1. The molecule has 1 aromatic carbocycles. The highest BCUT2D eigenvalue weighted by atomic mass is 16.5. The van der Waals surface area contributed by atoms with E-state index >= 15 is 0 Å². The number of nitrogens with zero attached hydrogens (tertiary/aromatic N) is 2. The van der Waals surface area contributed by atoms with Crippen molar-refractivity contribution < 1.29 is 14.3 Å². The van der Waals surface area contributed by atoms with Gasteiger partial charge in [-0.3, -0.25) is 14.6 Å². The van der Waals surface area contributed by atoms with Crippen molar-refractivity contribution in [3.63, 3.8) is 0 Å². The van der Waals surface area contributed by atoms with Crippen molar-refractivity contribution in [3.05, 3.63) is 65.5 Å². The number of aromatic nitrogens is 1. The van der Waals surface area contributed by atoms with Crippen LogP contribution in [0.4, 0.5) is 0 Å². The highest BCUT2D eigenvalue weighted by Crippen LogP contribution is 2.37. The second-order valence-corrected chi connectivity index (χ2v) is 5.17. The quantitative estimate of drug-likeness (QED) is 0.813. The molecular weight excluding hydrogens is 280 g/mol. The first-order valence-electron chi connectivity index (χ1n) is 7.06. The molecule has 1 aliphatic heterocycles. The van der Waals surface area contributed by atoms with E-state index < -0.39 is 0 Å². The molecule has 1 aromatic heterocycles. The molecule has 0 bridgehead atoms. The highest BCUT2D eigenvalue weighted by Gasteiger charge is 2.37. The van der Waals surface area contributed by atoms with Crippen molar-refractivity contribution in [2.24, 2.45) is 0 Å². The van der Waals surface area contributed by atoms with Crippen molar-refractivity contribution in [3.8, 4) is 0 Å². The number of fused-ring (bicyclic) bond motifs is 1. The third-order valence-electron chi connectivity index (χ3n) is 3.88. The van der Waals surface area contributed by atoms with Gasteiger partial charge in [0.2, 0.25) is 0 Å². The topological polar surface area (TPSA) is 59.5 Å². The van der Waals surface area contributed by atoms with Crippen LogP contribution in [-0.4, -0.2) is 28.9 Å². The Labute approximate surface area is 128 Å². The van der Waals surface area contributed by atoms with Crippen LogP contribution in [0.3, 0.4) is 0 Å². The first kappa shape index (κ1) is 14.3. The van der Waals surface area contributed by atoms with Gasteiger partial charge in [-0.15, -0.1) is 0 Å². The number of ether oxygens (including phenoxy) is 1. The summed E-state index contributed by atoms with van der Waals surface area (Å²) in [6.45, 7) is 0.442. The van der Waals surface area contributed by atoms with Crippen LogP contribution in [-0.2, 0) is 16.1 Å². The molecule has 0 aliphatic carbocycles. The fourth-order valence-corrected chi connectivity index (χ4v) is 2.77. The molecule has 3 rings (SSSR count). The van der Waals surface area contributed by atoms with Crippen LogP contribution < -0.4 is 0 Å². The van der Waals surface area contributed by atoms with Crippen molar-refractivity contribution in [2.45, 2.75) is 19.0 Å². The molecule has 5 nitrogen and oxygen atoms in total. The number of esters is 1. The predicted octanol–water partition coefficient (Wildman–Crippen LogP) is 2.34. The Kier molecular flexibility index (Phi) is 3.87. The molecule has 0 saturated heterocycles. The number of methoxy groups -OCH3 is 1. The van der Waals surface area contributed by atoms with Crippen LogP contribution in [0, 0.1) is 0 Å². The molecule has 0 fully saturated rings. The standard InChI is InChI=1S/C17H16N2O3/c1-22-16(20)10-15-13-4-2-3-5-14(13)17(21)19(15)11-12-6-8-18-9-7-12/h2-9,15H,10-11H2,1H3. The Balaban J connectivity index is 1.93. The molecule has 0 N–H and O–H groups in total. The summed E-state index contributed by atoms with van der Waals surface area (Å²) in [5.74, 6) is -0.379. The maximum absolute atomic E-state index is 12.6. The maximum Gasteiger partial charge on any atom is 0.307 e. The molecule has 1 amide bonds. The van der Waals surface area contributed by atoms with E-state index in [1.165, 1.54) is 7.11 Å². The third-order valence-corrected chi connectivity index (χ3v) is 3.88. The van der Waals surface area contributed by atoms with Crippen LogP contribution in [0.15, 0.2) is 48.8 Å². The van der Waals surface area contributed by atoms with Gasteiger partial charge in [0.25, 0.3) is 5.91 Å². The van der Waals surface area contributed by atoms with Gasteiger partial charge in [0.05, 0.1) is 19.6 Å². The zero-order chi connectivity index (χ0) is 15.5. The smallest absolute Gasteiger partial charge is 0.307 e. The third kappa shape index (κ3) is 2.57. The van der Waals surface area contributed by atoms with Gasteiger partial charge in [-0.1, -0.05) is 18.2 Å². The van der Waals surface area contributed by atoms with E-state index in [1.807, 2.05) is 30.3 Å². The summed E-state index contributed by atoms with van der Waals surface area (Å²) >= 11 is 0. The number of pyridine rings is 1. The van der Waals surface area contributed by atoms with Gasteiger partial charge in [-0.05, 0) is 29.3 Å². The molecule has 0 spiro atoms. The number of carbonyl (C=O) groups is 2. The highest BCUT2D eigenvalue weighted by molar-refractivity contribution is 5.99. The summed E-state index contributed by atoms with van der Waals surface area (Å²) < 4.78 is 4.77. The summed E-state index contributed by atoms with van der Waals surface area (Å²) in [7, 11) is 1.36. The van der Waals surface area contributed by atoms with Crippen molar-refractivity contribution in [2.75, 3.05) is 7.11 Å². The minimum atomic E-state index is -0.325. The summed E-state index contributed by atoms with van der Waals surface area (Å²) in [6.07, 6.45) is 3.54. The fourth-order valence-electron chi connectivity index (χ4n) is 2.77. The molecule has 22 heavy (non-hydrogen) atoms. The molecule has 112 valence electrons. The summed E-state index contributed by atoms with van der Waals surface area (Å²) in [5.41, 5.74) is 2.52. The minimum absolute atomic E-state index is 0.0543. The molecule has 5 heteroatoms. The van der Waals surface area contributed by atoms with Gasteiger partial charge in [-0.25, -0.2) is 0 Å². The Morgan fingerprint density at radius 1 is 1.23 bits per heavy atom. The van der Waals surface area contributed by atoms with Crippen molar-refractivity contribution >= 4 is 11.9 Å². The molecule has 0 radical (unpaired) electrons. The first-order valence-corrected chi connectivity index (χ1v) is 7.06. The van der Waals surface area contributed by atoms with Gasteiger partial charge in [-0.2, -0.15) is 0 Å². The molecule has 1 atom stereocenters. The lowest BCUT2D eigenvalue weighted by Crippen LogP contribution is -2.29. The monoisotopic (exact) mass is 296 g/mol. The lowest BCUT2D eigenvalue weighted by molar-refractivity contribution is -0.141. The molecular formula is C17H16N2O3. The van der Waals surface area contributed by atoms with Gasteiger partial charge in [0.1, 0.15) is 0 Å². The average Bonchev–Trinajstić information content (AvgIpc) is 2.82. The van der Waals surface area contributed by atoms with E-state index in [0.29, 0.717) is 12.1 Å². The number of rotatable bonds is 4. The average molecular weight is 296 g/mol. The largest absolute Gasteiger partial charge is 0.469 e. The molecule has 1 aliphatic rings. The first-order chi connectivity index (χ1) is 10.7. The number of carbonyl (C=O) groups excluding carboxylic acids is 2. The Bertz CT molecular complexity index is 700. The van der Waals surface area contributed by atoms with Gasteiger partial charge >= 0.3 is 5.97 Å². The number of hydrogen-bond donors (Lipinski definition) is 0. The fraction of sp³-hybridized carbons (Fsp3) is 0.235. The van der Waals surface area contributed by atoms with Crippen LogP contribution in [0.25, 0.3) is 0 Å². The Hall–Kier alpha value is -2.69. The lowest BCUT2D eigenvalue weighted by atomic mass is 10.0. The van der Waals surface area contributed by atoms with Crippen LogP contribution >= 0.6 is 0 Å². The predicted molar refractivity (Wildman–Crippen MR) is 79.9 cm³/mol. The molecule has 1 unspecified atom stereocenters. The van der Waals surface area contributed by atoms with E-state index in [-0.39, 0.29) is 24.3 Å². The SMILES string of the molecule is COC(=O)CC1c2ccccc2C(=O)N1Cc1ccncc1. The van der Waals surface area contributed by atoms with Crippen LogP contribution in [0.5, 0.6) is 0 Å². The Morgan fingerprint density at radius 2 is 1.95 bits per heavy atom. The summed E-state index contributed by atoms with van der Waals surface area (Å²) in [5, 5.41) is 0. The second-order valence-electron chi connectivity index (χ2n) is 5.17. The van der Waals surface area contributed by atoms with E-state index in [2.05, 4.69) is 4.98 Å². The number of hydrogen-bond acceptors (Lipinski definition) is 4. The van der Waals surface area contributed by atoms with Gasteiger partial charge in [0, 0.05) is 24.5 Å². The normalized spacial score (nSPS) is 16.5. The van der Waals surface area contributed by atoms with Crippen LogP contribution in [0.2, 0.25) is 0 Å².